The summed E-state index contributed by atoms with van der Waals surface area (Å²) >= 11 is 0. The van der Waals surface area contributed by atoms with Gasteiger partial charge >= 0.3 is 0 Å². The molecule has 1 atom stereocenters. The zero-order valence-corrected chi connectivity index (χ0v) is 8.09. The van der Waals surface area contributed by atoms with Gasteiger partial charge in [-0.3, -0.25) is 4.98 Å². The molecule has 1 fully saturated rings. The molecule has 2 nitrogen and oxygen atoms in total. The van der Waals surface area contributed by atoms with Crippen LogP contribution in [0.1, 0.15) is 36.9 Å². The SMILES string of the molecule is CCc1cncc(C2CCCN2)c1. The van der Waals surface area contributed by atoms with Gasteiger partial charge in [0.2, 0.25) is 0 Å². The highest BCUT2D eigenvalue weighted by molar-refractivity contribution is 5.21. The van der Waals surface area contributed by atoms with E-state index < -0.39 is 0 Å². The minimum atomic E-state index is 0.555. The van der Waals surface area contributed by atoms with Gasteiger partial charge in [-0.05, 0) is 36.9 Å². The van der Waals surface area contributed by atoms with Crippen molar-refractivity contribution >= 4 is 0 Å². The molecule has 1 aliphatic heterocycles. The van der Waals surface area contributed by atoms with Gasteiger partial charge in [-0.1, -0.05) is 13.0 Å². The molecule has 0 saturated carbocycles. The van der Waals surface area contributed by atoms with E-state index in [1.54, 1.807) is 0 Å². The third-order valence-electron chi connectivity index (χ3n) is 2.69. The van der Waals surface area contributed by atoms with Gasteiger partial charge in [-0.25, -0.2) is 0 Å². The van der Waals surface area contributed by atoms with Gasteiger partial charge in [0, 0.05) is 18.4 Å². The zero-order valence-electron chi connectivity index (χ0n) is 8.09. The summed E-state index contributed by atoms with van der Waals surface area (Å²) in [6.07, 6.45) is 7.57. The van der Waals surface area contributed by atoms with Crippen molar-refractivity contribution in [3.05, 3.63) is 29.6 Å². The van der Waals surface area contributed by atoms with E-state index in [1.807, 2.05) is 12.4 Å². The minimum absolute atomic E-state index is 0.555. The zero-order chi connectivity index (χ0) is 9.10. The molecule has 2 heterocycles. The molecule has 0 amide bonds. The molecule has 13 heavy (non-hydrogen) atoms. The maximum absolute atomic E-state index is 4.26. The van der Waals surface area contributed by atoms with Crippen molar-refractivity contribution in [2.24, 2.45) is 0 Å². The van der Waals surface area contributed by atoms with Crippen molar-refractivity contribution in [3.8, 4) is 0 Å². The molecular formula is C11H16N2. The van der Waals surface area contributed by atoms with Gasteiger partial charge in [-0.2, -0.15) is 0 Å². The highest BCUT2D eigenvalue weighted by Gasteiger charge is 2.16. The Kier molecular flexibility index (Phi) is 2.60. The third-order valence-corrected chi connectivity index (χ3v) is 2.69. The number of nitrogens with one attached hydrogen (secondary N) is 1. The van der Waals surface area contributed by atoms with Crippen molar-refractivity contribution < 1.29 is 0 Å². The van der Waals surface area contributed by atoms with E-state index in [0.29, 0.717) is 6.04 Å². The molecule has 2 heteroatoms. The van der Waals surface area contributed by atoms with Crippen molar-refractivity contribution in [3.63, 3.8) is 0 Å². The van der Waals surface area contributed by atoms with Gasteiger partial charge in [0.05, 0.1) is 0 Å². The van der Waals surface area contributed by atoms with Crippen LogP contribution in [0.2, 0.25) is 0 Å². The Hall–Kier alpha value is -0.890. The summed E-state index contributed by atoms with van der Waals surface area (Å²) < 4.78 is 0. The summed E-state index contributed by atoms with van der Waals surface area (Å²) in [5.74, 6) is 0. The van der Waals surface area contributed by atoms with Crippen LogP contribution < -0.4 is 5.32 Å². The van der Waals surface area contributed by atoms with E-state index in [4.69, 9.17) is 0 Å². The highest BCUT2D eigenvalue weighted by atomic mass is 14.9. The summed E-state index contributed by atoms with van der Waals surface area (Å²) in [7, 11) is 0. The van der Waals surface area contributed by atoms with Crippen molar-refractivity contribution in [1.82, 2.24) is 10.3 Å². The van der Waals surface area contributed by atoms with Crippen LogP contribution in [-0.4, -0.2) is 11.5 Å². The van der Waals surface area contributed by atoms with E-state index in [-0.39, 0.29) is 0 Å². The minimum Gasteiger partial charge on any atom is -0.310 e. The van der Waals surface area contributed by atoms with Crippen LogP contribution in [0.5, 0.6) is 0 Å². The average Bonchev–Trinajstić information content (AvgIpc) is 2.71. The van der Waals surface area contributed by atoms with E-state index in [0.717, 1.165) is 13.0 Å². The standard InChI is InChI=1S/C11H16N2/c1-2-9-6-10(8-12-7-9)11-4-3-5-13-11/h6-8,11,13H,2-5H2,1H3. The van der Waals surface area contributed by atoms with Gasteiger partial charge in [0.15, 0.2) is 0 Å². The molecule has 2 rings (SSSR count). The molecule has 0 bridgehead atoms. The lowest BCUT2D eigenvalue weighted by Crippen LogP contribution is -2.13. The Labute approximate surface area is 79.4 Å². The molecular weight excluding hydrogens is 160 g/mol. The summed E-state index contributed by atoms with van der Waals surface area (Å²) in [5.41, 5.74) is 2.70. The second-order valence-corrected chi connectivity index (χ2v) is 3.63. The fourth-order valence-corrected chi connectivity index (χ4v) is 1.86. The van der Waals surface area contributed by atoms with Crippen molar-refractivity contribution in [2.75, 3.05) is 6.54 Å². The van der Waals surface area contributed by atoms with Crippen molar-refractivity contribution in [1.29, 1.82) is 0 Å². The summed E-state index contributed by atoms with van der Waals surface area (Å²) in [6.45, 7) is 3.32. The highest BCUT2D eigenvalue weighted by Crippen LogP contribution is 2.22. The monoisotopic (exact) mass is 176 g/mol. The molecule has 0 aliphatic carbocycles. The molecule has 0 radical (unpaired) electrons. The number of nitrogens with zero attached hydrogens (tertiary/aromatic N) is 1. The second kappa shape index (κ2) is 3.88. The Morgan fingerprint density at radius 1 is 1.54 bits per heavy atom. The lowest BCUT2D eigenvalue weighted by atomic mass is 10.1. The quantitative estimate of drug-likeness (QED) is 0.746. The maximum atomic E-state index is 4.26. The Bertz CT molecular complexity index is 277. The molecule has 1 saturated heterocycles. The predicted octanol–water partition coefficient (Wildman–Crippen LogP) is 2.07. The van der Waals surface area contributed by atoms with E-state index in [9.17, 15) is 0 Å². The summed E-state index contributed by atoms with van der Waals surface area (Å²) in [6, 6.07) is 2.83. The fraction of sp³-hybridized carbons (Fsp3) is 0.545. The molecule has 1 N–H and O–H groups in total. The molecule has 1 aromatic rings. The number of aromatic nitrogens is 1. The van der Waals surface area contributed by atoms with E-state index in [1.165, 1.54) is 24.0 Å². The number of hydrogen-bond acceptors (Lipinski definition) is 2. The normalized spacial score (nSPS) is 22.1. The third kappa shape index (κ3) is 1.89. The topological polar surface area (TPSA) is 24.9 Å². The van der Waals surface area contributed by atoms with Crippen LogP contribution in [0.4, 0.5) is 0 Å². The van der Waals surface area contributed by atoms with Gasteiger partial charge < -0.3 is 5.32 Å². The first-order valence-electron chi connectivity index (χ1n) is 5.07. The van der Waals surface area contributed by atoms with Crippen LogP contribution in [0.15, 0.2) is 18.5 Å². The Morgan fingerprint density at radius 3 is 3.15 bits per heavy atom. The second-order valence-electron chi connectivity index (χ2n) is 3.63. The van der Waals surface area contributed by atoms with Gasteiger partial charge in [-0.15, -0.1) is 0 Å². The van der Waals surface area contributed by atoms with Crippen LogP contribution in [0.3, 0.4) is 0 Å². The maximum Gasteiger partial charge on any atom is 0.0336 e. The lowest BCUT2D eigenvalue weighted by Gasteiger charge is -2.10. The fourth-order valence-electron chi connectivity index (χ4n) is 1.86. The smallest absolute Gasteiger partial charge is 0.0336 e. The molecule has 70 valence electrons. The summed E-state index contributed by atoms with van der Waals surface area (Å²) in [4.78, 5) is 4.26. The Morgan fingerprint density at radius 2 is 2.46 bits per heavy atom. The molecule has 1 unspecified atom stereocenters. The van der Waals surface area contributed by atoms with Crippen LogP contribution >= 0.6 is 0 Å². The lowest BCUT2D eigenvalue weighted by molar-refractivity contribution is 0.644. The number of pyridine rings is 1. The largest absolute Gasteiger partial charge is 0.310 e. The molecule has 1 aliphatic rings. The summed E-state index contributed by atoms with van der Waals surface area (Å²) in [5, 5.41) is 3.48. The van der Waals surface area contributed by atoms with Crippen molar-refractivity contribution in [2.45, 2.75) is 32.2 Å². The van der Waals surface area contributed by atoms with Crippen LogP contribution in [-0.2, 0) is 6.42 Å². The Balaban J connectivity index is 2.18. The first kappa shape index (κ1) is 8.70. The number of rotatable bonds is 2. The molecule has 1 aromatic heterocycles. The first-order valence-corrected chi connectivity index (χ1v) is 5.07. The number of hydrogen-bond donors (Lipinski definition) is 1. The van der Waals surface area contributed by atoms with E-state index >= 15 is 0 Å². The molecule has 0 spiro atoms. The predicted molar refractivity (Wildman–Crippen MR) is 53.6 cm³/mol. The van der Waals surface area contributed by atoms with Crippen LogP contribution in [0.25, 0.3) is 0 Å². The van der Waals surface area contributed by atoms with Crippen LogP contribution in [0, 0.1) is 0 Å². The first-order chi connectivity index (χ1) is 6.40. The van der Waals surface area contributed by atoms with Gasteiger partial charge in [0.25, 0.3) is 0 Å². The number of aryl methyl sites for hydroxylation is 1. The van der Waals surface area contributed by atoms with Gasteiger partial charge in [0.1, 0.15) is 0 Å². The average molecular weight is 176 g/mol. The van der Waals surface area contributed by atoms with E-state index in [2.05, 4.69) is 23.3 Å². The molecule has 0 aromatic carbocycles.